The van der Waals surface area contributed by atoms with Crippen LogP contribution in [0.15, 0.2) is 30.5 Å². The van der Waals surface area contributed by atoms with Gasteiger partial charge in [-0.1, -0.05) is 11.6 Å². The number of halogens is 1. The fourth-order valence-electron chi connectivity index (χ4n) is 1.78. The molecule has 0 saturated carbocycles. The smallest absolute Gasteiger partial charge is 0.238 e. The van der Waals surface area contributed by atoms with Crippen molar-refractivity contribution in [1.82, 2.24) is 10.3 Å². The Morgan fingerprint density at radius 1 is 1.30 bits per heavy atom. The van der Waals surface area contributed by atoms with Crippen LogP contribution in [0.5, 0.6) is 0 Å². The van der Waals surface area contributed by atoms with Crippen molar-refractivity contribution in [3.05, 3.63) is 35.5 Å². The summed E-state index contributed by atoms with van der Waals surface area (Å²) in [5.41, 5.74) is 1.27. The Kier molecular flexibility index (Phi) is 4.26. The van der Waals surface area contributed by atoms with Gasteiger partial charge in [-0.05, 0) is 45.0 Å². The van der Waals surface area contributed by atoms with E-state index in [9.17, 15) is 4.79 Å². The molecule has 0 unspecified atom stereocenters. The van der Waals surface area contributed by atoms with Crippen LogP contribution < -0.4 is 10.6 Å². The van der Waals surface area contributed by atoms with Gasteiger partial charge < -0.3 is 10.6 Å². The summed E-state index contributed by atoms with van der Waals surface area (Å²) < 4.78 is 0. The van der Waals surface area contributed by atoms with Crippen LogP contribution >= 0.6 is 11.6 Å². The summed E-state index contributed by atoms with van der Waals surface area (Å²) >= 11 is 6.12. The van der Waals surface area contributed by atoms with E-state index in [0.717, 1.165) is 5.39 Å². The van der Waals surface area contributed by atoms with Crippen LogP contribution in [-0.2, 0) is 4.79 Å². The van der Waals surface area contributed by atoms with Gasteiger partial charge in [-0.2, -0.15) is 0 Å². The summed E-state index contributed by atoms with van der Waals surface area (Å²) in [6.07, 6.45) is 1.68. The molecule has 2 aromatic rings. The van der Waals surface area contributed by atoms with E-state index in [1.807, 2.05) is 32.9 Å². The van der Waals surface area contributed by atoms with Crippen LogP contribution in [0, 0.1) is 0 Å². The molecule has 0 atom stereocenters. The highest BCUT2D eigenvalue weighted by Gasteiger charge is 2.13. The Bertz CT molecular complexity index is 635. The first-order valence-electron chi connectivity index (χ1n) is 6.45. The average molecular weight is 292 g/mol. The van der Waals surface area contributed by atoms with Crippen LogP contribution in [0.25, 0.3) is 10.9 Å². The Hall–Kier alpha value is -1.65. The largest absolute Gasteiger partial charge is 0.323 e. The molecule has 0 aliphatic carbocycles. The van der Waals surface area contributed by atoms with Crippen molar-refractivity contribution in [3.63, 3.8) is 0 Å². The number of carbonyl (C=O) groups excluding carboxylic acids is 1. The Balaban J connectivity index is 2.18. The van der Waals surface area contributed by atoms with Crippen molar-refractivity contribution in [2.45, 2.75) is 26.3 Å². The standard InChI is InChI=1S/C15H18ClN3O/c1-15(2,3)18-9-13(20)19-12-7-6-11(16)10-5-4-8-17-14(10)12/h4-8,18H,9H2,1-3H3,(H,19,20). The zero-order valence-electron chi connectivity index (χ0n) is 11.8. The fourth-order valence-corrected chi connectivity index (χ4v) is 1.99. The van der Waals surface area contributed by atoms with E-state index in [2.05, 4.69) is 15.6 Å². The molecule has 2 rings (SSSR count). The van der Waals surface area contributed by atoms with Crippen LogP contribution in [0.1, 0.15) is 20.8 Å². The van der Waals surface area contributed by atoms with E-state index in [4.69, 9.17) is 11.6 Å². The second kappa shape index (κ2) is 5.77. The van der Waals surface area contributed by atoms with Gasteiger partial charge in [0.25, 0.3) is 0 Å². The highest BCUT2D eigenvalue weighted by atomic mass is 35.5. The van der Waals surface area contributed by atoms with E-state index < -0.39 is 0 Å². The third-order valence-electron chi connectivity index (χ3n) is 2.77. The van der Waals surface area contributed by atoms with Crippen molar-refractivity contribution >= 4 is 34.1 Å². The van der Waals surface area contributed by atoms with Gasteiger partial charge in [0.05, 0.1) is 22.8 Å². The molecule has 20 heavy (non-hydrogen) atoms. The lowest BCUT2D eigenvalue weighted by molar-refractivity contribution is -0.115. The number of hydrogen-bond acceptors (Lipinski definition) is 3. The molecule has 1 aromatic carbocycles. The minimum absolute atomic E-state index is 0.0995. The van der Waals surface area contributed by atoms with E-state index in [1.54, 1.807) is 18.3 Å². The van der Waals surface area contributed by atoms with E-state index >= 15 is 0 Å². The maximum absolute atomic E-state index is 12.0. The molecule has 0 bridgehead atoms. The average Bonchev–Trinajstić information content (AvgIpc) is 2.39. The molecule has 4 nitrogen and oxygen atoms in total. The third kappa shape index (κ3) is 3.68. The molecule has 0 saturated heterocycles. The van der Waals surface area contributed by atoms with Crippen LogP contribution in [0.2, 0.25) is 5.02 Å². The molecule has 0 radical (unpaired) electrons. The predicted molar refractivity (Wildman–Crippen MR) is 83.1 cm³/mol. The Morgan fingerprint density at radius 3 is 2.75 bits per heavy atom. The summed E-state index contributed by atoms with van der Waals surface area (Å²) in [5, 5.41) is 7.46. The number of carbonyl (C=O) groups is 1. The van der Waals surface area contributed by atoms with Gasteiger partial charge in [-0.25, -0.2) is 0 Å². The van der Waals surface area contributed by atoms with E-state index in [0.29, 0.717) is 16.2 Å². The molecular weight excluding hydrogens is 274 g/mol. The van der Waals surface area contributed by atoms with Crippen molar-refractivity contribution in [2.75, 3.05) is 11.9 Å². The lowest BCUT2D eigenvalue weighted by Gasteiger charge is -2.20. The maximum atomic E-state index is 12.0. The number of rotatable bonds is 3. The first-order chi connectivity index (χ1) is 9.37. The minimum Gasteiger partial charge on any atom is -0.323 e. The van der Waals surface area contributed by atoms with Crippen LogP contribution in [0.3, 0.4) is 0 Å². The predicted octanol–water partition coefficient (Wildman–Crippen LogP) is 3.21. The monoisotopic (exact) mass is 291 g/mol. The number of hydrogen-bond donors (Lipinski definition) is 2. The summed E-state index contributed by atoms with van der Waals surface area (Å²) in [5.74, 6) is -0.103. The minimum atomic E-state index is -0.103. The molecule has 0 aliphatic heterocycles. The first kappa shape index (κ1) is 14.8. The number of amides is 1. The lowest BCUT2D eigenvalue weighted by Crippen LogP contribution is -2.41. The van der Waals surface area contributed by atoms with Gasteiger partial charge in [0.1, 0.15) is 0 Å². The van der Waals surface area contributed by atoms with Gasteiger partial charge >= 0.3 is 0 Å². The summed E-state index contributed by atoms with van der Waals surface area (Å²) in [6.45, 7) is 6.29. The molecule has 0 fully saturated rings. The number of nitrogens with one attached hydrogen (secondary N) is 2. The van der Waals surface area contributed by atoms with Crippen molar-refractivity contribution < 1.29 is 4.79 Å². The maximum Gasteiger partial charge on any atom is 0.238 e. The third-order valence-corrected chi connectivity index (χ3v) is 3.10. The molecule has 106 valence electrons. The molecule has 0 spiro atoms. The zero-order valence-corrected chi connectivity index (χ0v) is 12.6. The number of aromatic nitrogens is 1. The Labute approximate surface area is 123 Å². The molecule has 1 amide bonds. The summed E-state index contributed by atoms with van der Waals surface area (Å²) in [6, 6.07) is 7.24. The van der Waals surface area contributed by atoms with Gasteiger partial charge in [0.15, 0.2) is 0 Å². The summed E-state index contributed by atoms with van der Waals surface area (Å²) in [4.78, 5) is 16.2. The van der Waals surface area contributed by atoms with Crippen LogP contribution in [0.4, 0.5) is 5.69 Å². The van der Waals surface area contributed by atoms with Crippen molar-refractivity contribution in [2.24, 2.45) is 0 Å². The number of nitrogens with zero attached hydrogens (tertiary/aromatic N) is 1. The van der Waals surface area contributed by atoms with Gasteiger partial charge in [-0.15, -0.1) is 0 Å². The molecule has 1 heterocycles. The number of fused-ring (bicyclic) bond motifs is 1. The van der Waals surface area contributed by atoms with E-state index in [-0.39, 0.29) is 18.0 Å². The normalized spacial score (nSPS) is 11.6. The van der Waals surface area contributed by atoms with Gasteiger partial charge in [0.2, 0.25) is 5.91 Å². The van der Waals surface area contributed by atoms with Gasteiger partial charge in [0, 0.05) is 17.1 Å². The topological polar surface area (TPSA) is 54.0 Å². The lowest BCUT2D eigenvalue weighted by atomic mass is 10.1. The second-order valence-corrected chi connectivity index (χ2v) is 6.05. The van der Waals surface area contributed by atoms with Crippen LogP contribution in [-0.4, -0.2) is 23.0 Å². The molecular formula is C15H18ClN3O. The number of anilines is 1. The zero-order chi connectivity index (χ0) is 14.8. The highest BCUT2D eigenvalue weighted by Crippen LogP contribution is 2.27. The second-order valence-electron chi connectivity index (χ2n) is 5.65. The number of pyridine rings is 1. The quantitative estimate of drug-likeness (QED) is 0.913. The van der Waals surface area contributed by atoms with E-state index in [1.165, 1.54) is 0 Å². The molecule has 5 heteroatoms. The van der Waals surface area contributed by atoms with Gasteiger partial charge in [-0.3, -0.25) is 9.78 Å². The van der Waals surface area contributed by atoms with Crippen molar-refractivity contribution in [1.29, 1.82) is 0 Å². The SMILES string of the molecule is CC(C)(C)NCC(=O)Nc1ccc(Cl)c2cccnc12. The summed E-state index contributed by atoms with van der Waals surface area (Å²) in [7, 11) is 0. The Morgan fingerprint density at radius 2 is 2.05 bits per heavy atom. The number of benzene rings is 1. The molecule has 2 N–H and O–H groups in total. The van der Waals surface area contributed by atoms with Crippen molar-refractivity contribution in [3.8, 4) is 0 Å². The fraction of sp³-hybridized carbons (Fsp3) is 0.333. The first-order valence-corrected chi connectivity index (χ1v) is 6.83. The highest BCUT2D eigenvalue weighted by molar-refractivity contribution is 6.35. The molecule has 0 aliphatic rings. The molecule has 1 aromatic heterocycles.